The minimum absolute atomic E-state index is 0.235. The standard InChI is InChI=1S/C14H22BrNO/c1-10(2)14(17-4)13(16-3)9-11-6-5-7-12(15)8-11/h5-8,10,13-14,16H,9H2,1-4H3. The zero-order valence-corrected chi connectivity index (χ0v) is 12.6. The average molecular weight is 300 g/mol. The van der Waals surface area contributed by atoms with Crippen LogP contribution in [0.15, 0.2) is 28.7 Å². The molecule has 1 aromatic rings. The summed E-state index contributed by atoms with van der Waals surface area (Å²) in [7, 11) is 3.78. The maximum absolute atomic E-state index is 5.59. The van der Waals surface area contributed by atoms with Gasteiger partial charge < -0.3 is 10.1 Å². The van der Waals surface area contributed by atoms with Gasteiger partial charge >= 0.3 is 0 Å². The topological polar surface area (TPSA) is 21.3 Å². The maximum atomic E-state index is 5.59. The molecule has 3 heteroatoms. The van der Waals surface area contributed by atoms with Crippen LogP contribution in [0.5, 0.6) is 0 Å². The van der Waals surface area contributed by atoms with Gasteiger partial charge in [0, 0.05) is 17.6 Å². The number of hydrogen-bond acceptors (Lipinski definition) is 2. The molecule has 0 amide bonds. The Labute approximate surface area is 113 Å². The van der Waals surface area contributed by atoms with Gasteiger partial charge in [-0.1, -0.05) is 41.9 Å². The molecule has 0 aliphatic heterocycles. The molecule has 0 aromatic heterocycles. The maximum Gasteiger partial charge on any atom is 0.0750 e. The van der Waals surface area contributed by atoms with E-state index < -0.39 is 0 Å². The van der Waals surface area contributed by atoms with Crippen LogP contribution in [0, 0.1) is 5.92 Å². The Hall–Kier alpha value is -0.380. The molecule has 1 aromatic carbocycles. The summed E-state index contributed by atoms with van der Waals surface area (Å²) in [5, 5.41) is 3.36. The Bertz CT molecular complexity index is 341. The lowest BCUT2D eigenvalue weighted by atomic mass is 9.94. The summed E-state index contributed by atoms with van der Waals surface area (Å²) in [6, 6.07) is 8.78. The molecule has 0 saturated heterocycles. The van der Waals surface area contributed by atoms with Crippen LogP contribution in [0.3, 0.4) is 0 Å². The Morgan fingerprint density at radius 3 is 2.53 bits per heavy atom. The molecule has 0 saturated carbocycles. The number of methoxy groups -OCH3 is 1. The monoisotopic (exact) mass is 299 g/mol. The first-order valence-corrected chi connectivity index (χ1v) is 6.82. The molecule has 0 bridgehead atoms. The normalized spacial score (nSPS) is 14.9. The number of benzene rings is 1. The van der Waals surface area contributed by atoms with Crippen molar-refractivity contribution in [1.82, 2.24) is 5.32 Å². The van der Waals surface area contributed by atoms with Crippen LogP contribution in [0.4, 0.5) is 0 Å². The van der Waals surface area contributed by atoms with Crippen molar-refractivity contribution >= 4 is 15.9 Å². The number of rotatable bonds is 6. The van der Waals surface area contributed by atoms with Crippen molar-refractivity contribution in [1.29, 1.82) is 0 Å². The fraction of sp³-hybridized carbons (Fsp3) is 0.571. The molecule has 2 nitrogen and oxygen atoms in total. The van der Waals surface area contributed by atoms with Crippen LogP contribution in [0.2, 0.25) is 0 Å². The molecule has 0 radical (unpaired) electrons. The van der Waals surface area contributed by atoms with Gasteiger partial charge in [0.2, 0.25) is 0 Å². The van der Waals surface area contributed by atoms with E-state index in [9.17, 15) is 0 Å². The third kappa shape index (κ3) is 4.41. The molecule has 1 rings (SSSR count). The summed E-state index contributed by atoms with van der Waals surface area (Å²) in [4.78, 5) is 0. The second-order valence-corrected chi connectivity index (χ2v) is 5.59. The van der Waals surface area contributed by atoms with Gasteiger partial charge in [-0.25, -0.2) is 0 Å². The van der Waals surface area contributed by atoms with Crippen molar-refractivity contribution in [2.24, 2.45) is 5.92 Å². The van der Waals surface area contributed by atoms with Gasteiger partial charge in [0.15, 0.2) is 0 Å². The molecule has 0 aliphatic rings. The van der Waals surface area contributed by atoms with E-state index in [2.05, 4.69) is 53.3 Å². The summed E-state index contributed by atoms with van der Waals surface area (Å²) in [5.74, 6) is 0.504. The highest BCUT2D eigenvalue weighted by molar-refractivity contribution is 9.10. The number of hydrogen-bond donors (Lipinski definition) is 1. The van der Waals surface area contributed by atoms with Gasteiger partial charge in [-0.05, 0) is 37.1 Å². The zero-order valence-electron chi connectivity index (χ0n) is 11.0. The van der Waals surface area contributed by atoms with Crippen LogP contribution < -0.4 is 5.32 Å². The summed E-state index contributed by atoms with van der Waals surface area (Å²) in [6.45, 7) is 4.39. The molecule has 17 heavy (non-hydrogen) atoms. The number of likely N-dealkylation sites (N-methyl/N-ethyl adjacent to an activating group) is 1. The Morgan fingerprint density at radius 2 is 2.06 bits per heavy atom. The lowest BCUT2D eigenvalue weighted by Crippen LogP contribution is -2.43. The van der Waals surface area contributed by atoms with Crippen molar-refractivity contribution in [2.75, 3.05) is 14.2 Å². The summed E-state index contributed by atoms with van der Waals surface area (Å²) >= 11 is 3.51. The van der Waals surface area contributed by atoms with Crippen LogP contribution in [0.25, 0.3) is 0 Å². The molecule has 0 aliphatic carbocycles. The van der Waals surface area contributed by atoms with E-state index in [1.165, 1.54) is 5.56 Å². The summed E-state index contributed by atoms with van der Waals surface area (Å²) in [5.41, 5.74) is 1.32. The fourth-order valence-electron chi connectivity index (χ4n) is 2.20. The van der Waals surface area contributed by atoms with E-state index in [-0.39, 0.29) is 6.10 Å². The quantitative estimate of drug-likeness (QED) is 0.871. The highest BCUT2D eigenvalue weighted by atomic mass is 79.9. The third-order valence-electron chi connectivity index (χ3n) is 3.04. The molecule has 1 N–H and O–H groups in total. The minimum Gasteiger partial charge on any atom is -0.380 e. The molecule has 2 atom stereocenters. The van der Waals surface area contributed by atoms with Gasteiger partial charge in [-0.15, -0.1) is 0 Å². The van der Waals surface area contributed by atoms with Gasteiger partial charge in [0.1, 0.15) is 0 Å². The smallest absolute Gasteiger partial charge is 0.0750 e. The van der Waals surface area contributed by atoms with Crippen LogP contribution in [-0.4, -0.2) is 26.3 Å². The van der Waals surface area contributed by atoms with Crippen molar-refractivity contribution < 1.29 is 4.74 Å². The van der Waals surface area contributed by atoms with Crippen molar-refractivity contribution in [3.8, 4) is 0 Å². The van der Waals surface area contributed by atoms with Crippen molar-refractivity contribution in [3.63, 3.8) is 0 Å². The number of nitrogens with one attached hydrogen (secondary N) is 1. The zero-order chi connectivity index (χ0) is 12.8. The largest absolute Gasteiger partial charge is 0.380 e. The van der Waals surface area contributed by atoms with Crippen molar-refractivity contribution in [3.05, 3.63) is 34.3 Å². The van der Waals surface area contributed by atoms with Crippen LogP contribution in [-0.2, 0) is 11.2 Å². The van der Waals surface area contributed by atoms with Gasteiger partial charge in [0.25, 0.3) is 0 Å². The Kier molecular flexibility index (Phi) is 6.17. The molecule has 96 valence electrons. The van der Waals surface area contributed by atoms with Crippen molar-refractivity contribution in [2.45, 2.75) is 32.4 Å². The highest BCUT2D eigenvalue weighted by Crippen LogP contribution is 2.17. The first-order valence-electron chi connectivity index (χ1n) is 6.03. The minimum atomic E-state index is 0.235. The molecule has 2 unspecified atom stereocenters. The van der Waals surface area contributed by atoms with Gasteiger partial charge in [-0.2, -0.15) is 0 Å². The molecule has 0 heterocycles. The predicted molar refractivity (Wildman–Crippen MR) is 76.3 cm³/mol. The first kappa shape index (κ1) is 14.7. The predicted octanol–water partition coefficient (Wildman–Crippen LogP) is 3.25. The van der Waals surface area contributed by atoms with Crippen LogP contribution >= 0.6 is 15.9 Å². The van der Waals surface area contributed by atoms with E-state index in [0.717, 1.165) is 10.9 Å². The second-order valence-electron chi connectivity index (χ2n) is 4.67. The van der Waals surface area contributed by atoms with E-state index in [1.807, 2.05) is 13.1 Å². The number of halogens is 1. The highest BCUT2D eigenvalue weighted by Gasteiger charge is 2.23. The third-order valence-corrected chi connectivity index (χ3v) is 3.53. The van der Waals surface area contributed by atoms with E-state index in [4.69, 9.17) is 4.74 Å². The number of ether oxygens (including phenoxy) is 1. The first-order chi connectivity index (χ1) is 8.08. The molecule has 0 fully saturated rings. The van der Waals surface area contributed by atoms with E-state index in [0.29, 0.717) is 12.0 Å². The average Bonchev–Trinajstić information content (AvgIpc) is 2.28. The molecular weight excluding hydrogens is 278 g/mol. The lowest BCUT2D eigenvalue weighted by Gasteiger charge is -2.29. The Balaban J connectivity index is 2.75. The van der Waals surface area contributed by atoms with E-state index >= 15 is 0 Å². The summed E-state index contributed by atoms with van der Waals surface area (Å²) in [6.07, 6.45) is 1.21. The van der Waals surface area contributed by atoms with Gasteiger partial charge in [-0.3, -0.25) is 0 Å². The van der Waals surface area contributed by atoms with Crippen LogP contribution in [0.1, 0.15) is 19.4 Å². The van der Waals surface area contributed by atoms with Gasteiger partial charge in [0.05, 0.1) is 6.10 Å². The second kappa shape index (κ2) is 7.14. The Morgan fingerprint density at radius 1 is 1.35 bits per heavy atom. The summed E-state index contributed by atoms with van der Waals surface area (Å²) < 4.78 is 6.72. The fourth-order valence-corrected chi connectivity index (χ4v) is 2.65. The molecule has 0 spiro atoms. The lowest BCUT2D eigenvalue weighted by molar-refractivity contribution is 0.0354. The molecular formula is C14H22BrNO. The SMILES string of the molecule is CNC(Cc1cccc(Br)c1)C(OC)C(C)C. The van der Waals surface area contributed by atoms with E-state index in [1.54, 1.807) is 7.11 Å².